The molecule has 6 heteroatoms. The van der Waals surface area contributed by atoms with Crippen LogP contribution in [-0.2, 0) is 12.8 Å². The van der Waals surface area contributed by atoms with Gasteiger partial charge in [-0.3, -0.25) is 0 Å². The molecule has 0 aliphatic heterocycles. The number of aryl methyl sites for hydroxylation is 2. The van der Waals surface area contributed by atoms with Crippen molar-refractivity contribution in [3.63, 3.8) is 0 Å². The fourth-order valence-electron chi connectivity index (χ4n) is 2.64. The first kappa shape index (κ1) is 18.4. The second-order valence-electron chi connectivity index (χ2n) is 5.37. The average Bonchev–Trinajstić information content (AvgIpc) is 2.64. The molecule has 0 aliphatic rings. The van der Waals surface area contributed by atoms with Crippen molar-refractivity contribution in [1.29, 1.82) is 0 Å². The molecule has 0 fully saturated rings. The van der Waals surface area contributed by atoms with Crippen LogP contribution in [0.15, 0.2) is 30.3 Å². The molecule has 0 bridgehead atoms. The summed E-state index contributed by atoms with van der Waals surface area (Å²) in [5.41, 5.74) is 2.16. The number of hydrogen-bond donors (Lipinski definition) is 1. The minimum Gasteiger partial charge on any atom is -0.496 e. The molecule has 0 atom stereocenters. The molecule has 2 rings (SSSR count). The first-order valence-corrected chi connectivity index (χ1v) is 7.73. The van der Waals surface area contributed by atoms with E-state index in [4.69, 9.17) is 24.1 Å². The Morgan fingerprint density at radius 3 is 1.80 bits per heavy atom. The highest BCUT2D eigenvalue weighted by Gasteiger charge is 2.14. The summed E-state index contributed by atoms with van der Waals surface area (Å²) in [6.07, 6.45) is 1.45. The summed E-state index contributed by atoms with van der Waals surface area (Å²) in [6.45, 7) is 0. The van der Waals surface area contributed by atoms with Gasteiger partial charge in [0.15, 0.2) is 11.5 Å². The van der Waals surface area contributed by atoms with E-state index in [0.29, 0.717) is 23.0 Å². The maximum Gasteiger partial charge on any atom is 0.339 e. The predicted octanol–water partition coefficient (Wildman–Crippen LogP) is 3.20. The van der Waals surface area contributed by atoms with E-state index in [1.165, 1.54) is 7.11 Å². The van der Waals surface area contributed by atoms with Gasteiger partial charge in [0.2, 0.25) is 5.75 Å². The maximum atomic E-state index is 11.2. The molecule has 25 heavy (non-hydrogen) atoms. The zero-order valence-corrected chi connectivity index (χ0v) is 14.8. The highest BCUT2D eigenvalue weighted by atomic mass is 16.5. The Hall–Kier alpha value is -2.89. The molecule has 0 saturated carbocycles. The van der Waals surface area contributed by atoms with Crippen LogP contribution < -0.4 is 18.9 Å². The van der Waals surface area contributed by atoms with Gasteiger partial charge in [0.25, 0.3) is 0 Å². The van der Waals surface area contributed by atoms with Gasteiger partial charge < -0.3 is 24.1 Å². The number of aromatic carboxylic acids is 1. The lowest BCUT2D eigenvalue weighted by atomic mass is 10.0. The normalized spacial score (nSPS) is 10.2. The maximum absolute atomic E-state index is 11.2. The van der Waals surface area contributed by atoms with Crippen LogP contribution in [-0.4, -0.2) is 39.5 Å². The zero-order chi connectivity index (χ0) is 18.4. The largest absolute Gasteiger partial charge is 0.496 e. The van der Waals surface area contributed by atoms with Crippen LogP contribution in [0.3, 0.4) is 0 Å². The minimum absolute atomic E-state index is 0.152. The second kappa shape index (κ2) is 8.28. The van der Waals surface area contributed by atoms with E-state index in [9.17, 15) is 4.79 Å². The molecule has 0 amide bonds. The lowest BCUT2D eigenvalue weighted by Crippen LogP contribution is -2.02. The predicted molar refractivity (Wildman–Crippen MR) is 93.5 cm³/mol. The van der Waals surface area contributed by atoms with Gasteiger partial charge in [0.1, 0.15) is 11.3 Å². The van der Waals surface area contributed by atoms with Crippen LogP contribution in [0.1, 0.15) is 21.5 Å². The van der Waals surface area contributed by atoms with Gasteiger partial charge in [-0.2, -0.15) is 0 Å². The van der Waals surface area contributed by atoms with Crippen molar-refractivity contribution in [3.05, 3.63) is 47.0 Å². The Labute approximate surface area is 146 Å². The number of carbonyl (C=O) groups is 1. The first-order valence-electron chi connectivity index (χ1n) is 7.73. The molecule has 0 heterocycles. The average molecular weight is 346 g/mol. The van der Waals surface area contributed by atoms with Gasteiger partial charge in [0, 0.05) is 0 Å². The van der Waals surface area contributed by atoms with Gasteiger partial charge in [-0.05, 0) is 48.2 Å². The molecular formula is C19H22O6. The Bertz CT molecular complexity index is 729. The molecule has 2 aromatic carbocycles. The lowest BCUT2D eigenvalue weighted by Gasteiger charge is -2.14. The minimum atomic E-state index is -1.01. The number of methoxy groups -OCH3 is 4. The number of hydrogen-bond acceptors (Lipinski definition) is 5. The molecule has 134 valence electrons. The molecular weight excluding hydrogens is 324 g/mol. The van der Waals surface area contributed by atoms with Crippen LogP contribution in [0, 0.1) is 0 Å². The number of benzene rings is 2. The van der Waals surface area contributed by atoms with Gasteiger partial charge in [-0.1, -0.05) is 6.07 Å². The highest BCUT2D eigenvalue weighted by molar-refractivity contribution is 5.90. The molecule has 6 nitrogen and oxygen atoms in total. The van der Waals surface area contributed by atoms with Gasteiger partial charge in [0.05, 0.1) is 28.4 Å². The summed E-state index contributed by atoms with van der Waals surface area (Å²) in [7, 11) is 6.19. The third kappa shape index (κ3) is 4.15. The van der Waals surface area contributed by atoms with Gasteiger partial charge in [-0.25, -0.2) is 4.79 Å². The third-order valence-electron chi connectivity index (χ3n) is 3.92. The summed E-state index contributed by atoms with van der Waals surface area (Å²) in [4.78, 5) is 11.2. The zero-order valence-electron chi connectivity index (χ0n) is 14.8. The third-order valence-corrected chi connectivity index (χ3v) is 3.92. The summed E-state index contributed by atoms with van der Waals surface area (Å²) >= 11 is 0. The number of carboxylic acid groups (broad SMARTS) is 1. The van der Waals surface area contributed by atoms with Crippen LogP contribution in [0.5, 0.6) is 23.0 Å². The smallest absolute Gasteiger partial charge is 0.339 e. The van der Waals surface area contributed by atoms with E-state index in [1.807, 2.05) is 12.1 Å². The standard InChI is InChI=1S/C19H22O6/c1-22-15-9-12(7-8-14(15)19(20)21)5-6-13-10-16(23-2)18(25-4)17(11-13)24-3/h7-11H,5-6H2,1-4H3,(H,20,21). The first-order chi connectivity index (χ1) is 12.0. The Morgan fingerprint density at radius 2 is 1.32 bits per heavy atom. The topological polar surface area (TPSA) is 74.2 Å². The Morgan fingerprint density at radius 1 is 0.800 bits per heavy atom. The molecule has 1 N–H and O–H groups in total. The van der Waals surface area contributed by atoms with Crippen molar-refractivity contribution in [3.8, 4) is 23.0 Å². The fourth-order valence-corrected chi connectivity index (χ4v) is 2.64. The molecule has 0 aromatic heterocycles. The second-order valence-corrected chi connectivity index (χ2v) is 5.37. The van der Waals surface area contributed by atoms with Crippen molar-refractivity contribution in [2.45, 2.75) is 12.8 Å². The molecule has 0 spiro atoms. The highest BCUT2D eigenvalue weighted by Crippen LogP contribution is 2.38. The van der Waals surface area contributed by atoms with Crippen LogP contribution in [0.25, 0.3) is 0 Å². The number of ether oxygens (including phenoxy) is 4. The summed E-state index contributed by atoms with van der Waals surface area (Å²) in [5.74, 6) is 1.12. The SMILES string of the molecule is COc1cc(CCc2cc(OC)c(OC)c(OC)c2)ccc1C(=O)O. The van der Waals surface area contributed by atoms with Crippen LogP contribution >= 0.6 is 0 Å². The van der Waals surface area contributed by atoms with Gasteiger partial charge >= 0.3 is 5.97 Å². The molecule has 0 saturated heterocycles. The molecule has 0 unspecified atom stereocenters. The molecule has 0 aliphatic carbocycles. The van der Waals surface area contributed by atoms with E-state index in [-0.39, 0.29) is 5.56 Å². The quantitative estimate of drug-likeness (QED) is 0.791. The Balaban J connectivity index is 2.22. The van der Waals surface area contributed by atoms with Crippen LogP contribution in [0.4, 0.5) is 0 Å². The van der Waals surface area contributed by atoms with Crippen LogP contribution in [0.2, 0.25) is 0 Å². The summed E-state index contributed by atoms with van der Waals surface area (Å²) in [6, 6.07) is 8.92. The van der Waals surface area contributed by atoms with E-state index >= 15 is 0 Å². The van der Waals surface area contributed by atoms with Crippen molar-refractivity contribution in [2.75, 3.05) is 28.4 Å². The molecule has 2 aromatic rings. The van der Waals surface area contributed by atoms with Crippen molar-refractivity contribution < 1.29 is 28.8 Å². The lowest BCUT2D eigenvalue weighted by molar-refractivity contribution is 0.0693. The summed E-state index contributed by atoms with van der Waals surface area (Å²) < 4.78 is 21.2. The molecule has 0 radical (unpaired) electrons. The van der Waals surface area contributed by atoms with E-state index < -0.39 is 5.97 Å². The van der Waals surface area contributed by atoms with E-state index in [2.05, 4.69) is 0 Å². The monoisotopic (exact) mass is 346 g/mol. The van der Waals surface area contributed by atoms with Crippen molar-refractivity contribution in [1.82, 2.24) is 0 Å². The van der Waals surface area contributed by atoms with Gasteiger partial charge in [-0.15, -0.1) is 0 Å². The van der Waals surface area contributed by atoms with Crippen molar-refractivity contribution >= 4 is 5.97 Å². The fraction of sp³-hybridized carbons (Fsp3) is 0.316. The van der Waals surface area contributed by atoms with E-state index in [0.717, 1.165) is 24.0 Å². The Kier molecular flexibility index (Phi) is 6.11. The number of rotatable bonds is 8. The number of carboxylic acids is 1. The summed E-state index contributed by atoms with van der Waals surface area (Å²) in [5, 5.41) is 9.14. The van der Waals surface area contributed by atoms with E-state index in [1.54, 1.807) is 39.5 Å². The van der Waals surface area contributed by atoms with Crippen molar-refractivity contribution in [2.24, 2.45) is 0 Å².